The van der Waals surface area contributed by atoms with Crippen LogP contribution in [-0.4, -0.2) is 58.6 Å². The van der Waals surface area contributed by atoms with E-state index in [1.54, 1.807) is 0 Å². The molecule has 0 aromatic rings. The van der Waals surface area contributed by atoms with Gasteiger partial charge in [-0.2, -0.15) is 0 Å². The van der Waals surface area contributed by atoms with Crippen LogP contribution in [0.2, 0.25) is 0 Å². The summed E-state index contributed by atoms with van der Waals surface area (Å²) in [6.45, 7) is 2.18. The van der Waals surface area contributed by atoms with Crippen molar-refractivity contribution in [1.29, 1.82) is 0 Å². The number of carbonyl (C=O) groups is 3. The van der Waals surface area contributed by atoms with E-state index in [4.69, 9.17) is 9.47 Å². The van der Waals surface area contributed by atoms with Crippen LogP contribution in [0.15, 0.2) is 0 Å². The second-order valence-corrected chi connectivity index (χ2v) is 7.40. The zero-order valence-electron chi connectivity index (χ0n) is 16.1. The van der Waals surface area contributed by atoms with Crippen LogP contribution in [-0.2, 0) is 28.6 Å². The number of carbonyl (C=O) groups excluding carboxylic acids is 3. The van der Waals surface area contributed by atoms with Crippen LogP contribution < -0.4 is 0 Å². The average Bonchev–Trinajstić information content (AvgIpc) is 3.07. The summed E-state index contributed by atoms with van der Waals surface area (Å²) in [7, 11) is 0.988. The quantitative estimate of drug-likeness (QED) is 0.328. The van der Waals surface area contributed by atoms with Crippen molar-refractivity contribution in [1.82, 2.24) is 0 Å². The number of aliphatic hydroxyl groups is 2. The lowest BCUT2D eigenvalue weighted by Gasteiger charge is -2.31. The number of hydrogen-bond donors (Lipinski definition) is 2. The highest BCUT2D eigenvalue weighted by Gasteiger charge is 2.78. The van der Waals surface area contributed by atoms with Crippen molar-refractivity contribution in [2.45, 2.75) is 94.5 Å². The topological polar surface area (TPSA) is 119 Å². The summed E-state index contributed by atoms with van der Waals surface area (Å²) in [5.41, 5.74) is -5.05. The fraction of sp³-hybridized carbons (Fsp3) is 0.842. The Hall–Kier alpha value is -1.67. The van der Waals surface area contributed by atoms with Crippen molar-refractivity contribution < 1.29 is 38.8 Å². The smallest absolute Gasteiger partial charge is 0.354 e. The molecule has 8 heteroatoms. The van der Waals surface area contributed by atoms with E-state index in [9.17, 15) is 24.6 Å². The van der Waals surface area contributed by atoms with Crippen LogP contribution in [0.3, 0.4) is 0 Å². The molecule has 0 bridgehead atoms. The fourth-order valence-electron chi connectivity index (χ4n) is 3.88. The van der Waals surface area contributed by atoms with Gasteiger partial charge in [0.1, 0.15) is 6.10 Å². The molecule has 154 valence electrons. The molecule has 0 aliphatic carbocycles. The van der Waals surface area contributed by atoms with Gasteiger partial charge in [0.05, 0.1) is 7.11 Å². The van der Waals surface area contributed by atoms with Gasteiger partial charge in [0, 0.05) is 6.42 Å². The molecular formula is C19H30O8. The average molecular weight is 386 g/mol. The lowest BCUT2D eigenvalue weighted by atomic mass is 9.78. The van der Waals surface area contributed by atoms with Crippen LogP contribution in [0.1, 0.15) is 71.1 Å². The molecule has 4 atom stereocenters. The van der Waals surface area contributed by atoms with Crippen molar-refractivity contribution in [3.8, 4) is 0 Å². The van der Waals surface area contributed by atoms with E-state index in [2.05, 4.69) is 11.7 Å². The number of rotatable bonds is 10. The van der Waals surface area contributed by atoms with Gasteiger partial charge in [0.15, 0.2) is 6.10 Å². The SMILES string of the molecule is CCCCCCCCCC[C@H]1C[C@]2(OC(=O)[C@@H](O)[C@@]2(O)C(=O)OC)C(=O)O1. The Labute approximate surface area is 159 Å². The number of methoxy groups -OCH3 is 1. The van der Waals surface area contributed by atoms with E-state index >= 15 is 0 Å². The maximum atomic E-state index is 12.4. The second-order valence-electron chi connectivity index (χ2n) is 7.40. The summed E-state index contributed by atoms with van der Waals surface area (Å²) in [4.78, 5) is 36.2. The molecule has 1 spiro atoms. The van der Waals surface area contributed by atoms with Gasteiger partial charge >= 0.3 is 17.9 Å². The molecule has 2 aliphatic rings. The van der Waals surface area contributed by atoms with Gasteiger partial charge in [-0.05, 0) is 12.8 Å². The van der Waals surface area contributed by atoms with Crippen molar-refractivity contribution in [2.24, 2.45) is 0 Å². The van der Waals surface area contributed by atoms with Gasteiger partial charge in [0.2, 0.25) is 0 Å². The Morgan fingerprint density at radius 2 is 1.74 bits per heavy atom. The monoisotopic (exact) mass is 386 g/mol. The third-order valence-corrected chi connectivity index (χ3v) is 5.50. The Bertz CT molecular complexity index is 562. The van der Waals surface area contributed by atoms with Crippen LogP contribution in [0.5, 0.6) is 0 Å². The normalized spacial score (nSPS) is 32.6. The predicted molar refractivity (Wildman–Crippen MR) is 93.5 cm³/mol. The zero-order valence-corrected chi connectivity index (χ0v) is 16.1. The minimum absolute atomic E-state index is 0.184. The van der Waals surface area contributed by atoms with E-state index in [0.717, 1.165) is 26.4 Å². The van der Waals surface area contributed by atoms with Crippen molar-refractivity contribution >= 4 is 17.9 Å². The first-order chi connectivity index (χ1) is 12.8. The Morgan fingerprint density at radius 1 is 1.15 bits per heavy atom. The summed E-state index contributed by atoms with van der Waals surface area (Å²) in [5.74, 6) is -3.57. The van der Waals surface area contributed by atoms with Crippen molar-refractivity contribution in [2.75, 3.05) is 7.11 Å². The maximum absolute atomic E-state index is 12.4. The molecule has 0 aromatic heterocycles. The predicted octanol–water partition coefficient (Wildman–Crippen LogP) is 1.39. The lowest BCUT2D eigenvalue weighted by Crippen LogP contribution is -2.64. The first-order valence-corrected chi connectivity index (χ1v) is 9.76. The molecule has 0 saturated carbocycles. The van der Waals surface area contributed by atoms with Gasteiger partial charge in [-0.3, -0.25) is 0 Å². The molecule has 2 fully saturated rings. The van der Waals surface area contributed by atoms with Gasteiger partial charge in [-0.25, -0.2) is 14.4 Å². The largest absolute Gasteiger partial charge is 0.467 e. The summed E-state index contributed by atoms with van der Waals surface area (Å²) in [5, 5.41) is 20.6. The molecule has 2 heterocycles. The highest BCUT2D eigenvalue weighted by atomic mass is 16.7. The van der Waals surface area contributed by atoms with E-state index in [1.807, 2.05) is 0 Å². The maximum Gasteiger partial charge on any atom is 0.354 e. The molecule has 0 unspecified atom stereocenters. The van der Waals surface area contributed by atoms with Gasteiger partial charge < -0.3 is 24.4 Å². The lowest BCUT2D eigenvalue weighted by molar-refractivity contribution is -0.197. The molecule has 2 saturated heterocycles. The van der Waals surface area contributed by atoms with Crippen molar-refractivity contribution in [3.63, 3.8) is 0 Å². The third kappa shape index (κ3) is 3.96. The minimum atomic E-state index is -2.80. The van der Waals surface area contributed by atoms with E-state index < -0.39 is 41.3 Å². The van der Waals surface area contributed by atoms with Crippen LogP contribution in [0.4, 0.5) is 0 Å². The molecule has 0 radical (unpaired) electrons. The standard InChI is InChI=1S/C19H30O8/c1-3-4-5-6-7-8-9-10-11-13-12-18(16(22)26-13)19(24,17(23)25-2)14(20)15(21)27-18/h13-14,20,24H,3-12H2,1-2H3/t13-,14+,18-,19+/m0/s1. The Morgan fingerprint density at radius 3 is 2.33 bits per heavy atom. The number of esters is 3. The summed E-state index contributed by atoms with van der Waals surface area (Å²) < 4.78 is 14.7. The van der Waals surface area contributed by atoms with E-state index in [0.29, 0.717) is 6.42 Å². The summed E-state index contributed by atoms with van der Waals surface area (Å²) >= 11 is 0. The molecule has 0 amide bonds. The summed E-state index contributed by atoms with van der Waals surface area (Å²) in [6.07, 6.45) is 6.56. The Balaban J connectivity index is 1.90. The van der Waals surface area contributed by atoms with E-state index in [1.165, 1.54) is 32.1 Å². The zero-order chi connectivity index (χ0) is 20.1. The molecule has 0 aromatic carbocycles. The van der Waals surface area contributed by atoms with Crippen LogP contribution in [0, 0.1) is 0 Å². The van der Waals surface area contributed by atoms with Gasteiger partial charge in [-0.15, -0.1) is 0 Å². The number of unbranched alkanes of at least 4 members (excludes halogenated alkanes) is 7. The van der Waals surface area contributed by atoms with Crippen LogP contribution in [0.25, 0.3) is 0 Å². The first kappa shape index (κ1) is 21.6. The number of ether oxygens (including phenoxy) is 3. The van der Waals surface area contributed by atoms with E-state index in [-0.39, 0.29) is 6.42 Å². The number of hydrogen-bond acceptors (Lipinski definition) is 8. The molecule has 8 nitrogen and oxygen atoms in total. The second kappa shape index (κ2) is 9.01. The molecule has 2 N–H and O–H groups in total. The minimum Gasteiger partial charge on any atom is -0.467 e. The third-order valence-electron chi connectivity index (χ3n) is 5.50. The highest BCUT2D eigenvalue weighted by Crippen LogP contribution is 2.47. The molecule has 2 rings (SSSR count). The van der Waals surface area contributed by atoms with Gasteiger partial charge in [-0.1, -0.05) is 51.9 Å². The summed E-state index contributed by atoms with van der Waals surface area (Å²) in [6, 6.07) is 0. The number of cyclic esters (lactones) is 1. The fourth-order valence-corrected chi connectivity index (χ4v) is 3.88. The molecule has 27 heavy (non-hydrogen) atoms. The highest BCUT2D eigenvalue weighted by molar-refractivity contribution is 6.03. The van der Waals surface area contributed by atoms with Crippen molar-refractivity contribution in [3.05, 3.63) is 0 Å². The number of aliphatic hydroxyl groups excluding tert-OH is 1. The Kier molecular flexibility index (Phi) is 7.22. The molecule has 2 aliphatic heterocycles. The molecular weight excluding hydrogens is 356 g/mol. The van der Waals surface area contributed by atoms with Crippen LogP contribution >= 0.6 is 0 Å². The first-order valence-electron chi connectivity index (χ1n) is 9.76. The van der Waals surface area contributed by atoms with Gasteiger partial charge in [0.25, 0.3) is 11.2 Å².